The number of hydrogen-bond acceptors (Lipinski definition) is 5. The third-order valence-electron chi connectivity index (χ3n) is 3.60. The van der Waals surface area contributed by atoms with Crippen LogP contribution in [0.2, 0.25) is 0 Å². The molecule has 1 atom stereocenters. The zero-order chi connectivity index (χ0) is 18.4. The topological polar surface area (TPSA) is 89.8 Å². The number of benzene rings is 1. The lowest BCUT2D eigenvalue weighted by Gasteiger charge is -2.21. The van der Waals surface area contributed by atoms with Crippen molar-refractivity contribution in [2.75, 3.05) is 19.5 Å². The molecule has 134 valence electrons. The molecule has 2 amide bonds. The summed E-state index contributed by atoms with van der Waals surface area (Å²) < 4.78 is 15.4. The molecular weight excluding hydrogens is 324 g/mol. The second-order valence-electron chi connectivity index (χ2n) is 5.76. The van der Waals surface area contributed by atoms with Crippen LogP contribution in [-0.4, -0.2) is 32.1 Å². The first kappa shape index (κ1) is 18.4. The number of hydrogen-bond donors (Lipinski definition) is 2. The predicted molar refractivity (Wildman–Crippen MR) is 93.0 cm³/mol. The zero-order valence-electron chi connectivity index (χ0n) is 14.7. The van der Waals surface area contributed by atoms with Gasteiger partial charge in [-0.3, -0.25) is 9.59 Å². The zero-order valence-corrected chi connectivity index (χ0v) is 14.7. The number of methoxy groups -OCH3 is 2. The van der Waals surface area contributed by atoms with Crippen LogP contribution < -0.4 is 20.1 Å². The number of anilines is 1. The van der Waals surface area contributed by atoms with E-state index in [1.54, 1.807) is 24.3 Å². The number of amides is 2. The molecule has 2 aromatic rings. The molecule has 0 aliphatic rings. The lowest BCUT2D eigenvalue weighted by atomic mass is 10.0. The van der Waals surface area contributed by atoms with Crippen molar-refractivity contribution >= 4 is 17.5 Å². The molecule has 0 saturated heterocycles. The van der Waals surface area contributed by atoms with Crippen LogP contribution in [0.1, 0.15) is 24.4 Å². The van der Waals surface area contributed by atoms with Crippen molar-refractivity contribution < 1.29 is 23.5 Å². The van der Waals surface area contributed by atoms with E-state index < -0.39 is 11.9 Å². The molecule has 2 N–H and O–H groups in total. The van der Waals surface area contributed by atoms with Gasteiger partial charge in [0, 0.05) is 23.9 Å². The standard InChI is InChI=1S/C18H22N2O5/c1-11(2)16(20-17(21)15-6-5-7-25-15)18(22)19-12-8-13(23-3)10-14(9-12)24-4/h5-11,16H,1-4H3,(H,19,22)(H,20,21). The minimum absolute atomic E-state index is 0.119. The summed E-state index contributed by atoms with van der Waals surface area (Å²) in [6.45, 7) is 3.69. The van der Waals surface area contributed by atoms with Crippen molar-refractivity contribution in [1.82, 2.24) is 5.32 Å². The van der Waals surface area contributed by atoms with Crippen LogP contribution in [0.4, 0.5) is 5.69 Å². The Bertz CT molecular complexity index is 703. The molecular formula is C18H22N2O5. The van der Waals surface area contributed by atoms with Crippen LogP contribution in [0.5, 0.6) is 11.5 Å². The van der Waals surface area contributed by atoms with Crippen LogP contribution in [0, 0.1) is 5.92 Å². The first-order chi connectivity index (χ1) is 11.9. The van der Waals surface area contributed by atoms with E-state index in [4.69, 9.17) is 13.9 Å². The summed E-state index contributed by atoms with van der Waals surface area (Å²) in [5.74, 6) is 0.353. The predicted octanol–water partition coefficient (Wildman–Crippen LogP) is 2.69. The van der Waals surface area contributed by atoms with Gasteiger partial charge in [0.15, 0.2) is 5.76 Å². The molecule has 0 radical (unpaired) electrons. The number of furan rings is 1. The molecule has 7 nitrogen and oxygen atoms in total. The molecule has 0 fully saturated rings. The molecule has 0 aliphatic carbocycles. The fraction of sp³-hybridized carbons (Fsp3) is 0.333. The third-order valence-corrected chi connectivity index (χ3v) is 3.60. The van der Waals surface area contributed by atoms with Crippen LogP contribution in [-0.2, 0) is 4.79 Å². The Labute approximate surface area is 146 Å². The van der Waals surface area contributed by atoms with Crippen LogP contribution in [0.25, 0.3) is 0 Å². The van der Waals surface area contributed by atoms with Gasteiger partial charge in [-0.05, 0) is 18.1 Å². The van der Waals surface area contributed by atoms with Gasteiger partial charge >= 0.3 is 0 Å². The summed E-state index contributed by atoms with van der Waals surface area (Å²) in [5.41, 5.74) is 0.513. The molecule has 25 heavy (non-hydrogen) atoms. The van der Waals surface area contributed by atoms with Gasteiger partial charge in [0.2, 0.25) is 5.91 Å². The number of carbonyl (C=O) groups excluding carboxylic acids is 2. The maximum atomic E-state index is 12.6. The van der Waals surface area contributed by atoms with Gasteiger partial charge in [-0.1, -0.05) is 13.8 Å². The number of carbonyl (C=O) groups is 2. The number of ether oxygens (including phenoxy) is 2. The van der Waals surface area contributed by atoms with Crippen molar-refractivity contribution in [1.29, 1.82) is 0 Å². The van der Waals surface area contributed by atoms with E-state index in [-0.39, 0.29) is 17.6 Å². The Morgan fingerprint density at radius 1 is 1.08 bits per heavy atom. The summed E-state index contributed by atoms with van der Waals surface area (Å²) in [4.78, 5) is 24.8. The monoisotopic (exact) mass is 346 g/mol. The molecule has 0 saturated carbocycles. The highest BCUT2D eigenvalue weighted by atomic mass is 16.5. The first-order valence-corrected chi connectivity index (χ1v) is 7.83. The summed E-state index contributed by atoms with van der Waals surface area (Å²) >= 11 is 0. The maximum Gasteiger partial charge on any atom is 0.287 e. The quantitative estimate of drug-likeness (QED) is 0.804. The fourth-order valence-corrected chi connectivity index (χ4v) is 2.25. The number of nitrogens with one attached hydrogen (secondary N) is 2. The lowest BCUT2D eigenvalue weighted by Crippen LogP contribution is -2.47. The second-order valence-corrected chi connectivity index (χ2v) is 5.76. The average Bonchev–Trinajstić information content (AvgIpc) is 3.13. The van der Waals surface area contributed by atoms with E-state index in [0.29, 0.717) is 17.2 Å². The average molecular weight is 346 g/mol. The van der Waals surface area contributed by atoms with Crippen molar-refractivity contribution in [3.63, 3.8) is 0 Å². The molecule has 0 bridgehead atoms. The minimum atomic E-state index is -0.727. The lowest BCUT2D eigenvalue weighted by molar-refractivity contribution is -0.118. The SMILES string of the molecule is COc1cc(NC(=O)C(NC(=O)c2ccco2)C(C)C)cc(OC)c1. The Balaban J connectivity index is 2.14. The van der Waals surface area contributed by atoms with Gasteiger partial charge in [-0.15, -0.1) is 0 Å². The van der Waals surface area contributed by atoms with E-state index in [1.807, 2.05) is 13.8 Å². The van der Waals surface area contributed by atoms with Crippen LogP contribution in [0.15, 0.2) is 41.0 Å². The highest BCUT2D eigenvalue weighted by Gasteiger charge is 2.26. The van der Waals surface area contributed by atoms with Crippen molar-refractivity contribution in [2.24, 2.45) is 5.92 Å². The fourth-order valence-electron chi connectivity index (χ4n) is 2.25. The smallest absolute Gasteiger partial charge is 0.287 e. The first-order valence-electron chi connectivity index (χ1n) is 7.83. The summed E-state index contributed by atoms with van der Waals surface area (Å²) in [6, 6.07) is 7.47. The van der Waals surface area contributed by atoms with E-state index in [1.165, 1.54) is 26.5 Å². The largest absolute Gasteiger partial charge is 0.497 e. The van der Waals surface area contributed by atoms with Crippen molar-refractivity contribution in [3.8, 4) is 11.5 Å². The Hall–Kier alpha value is -2.96. The second kappa shape index (κ2) is 8.23. The van der Waals surface area contributed by atoms with E-state index in [9.17, 15) is 9.59 Å². The normalized spacial score (nSPS) is 11.7. The van der Waals surface area contributed by atoms with Gasteiger partial charge in [0.25, 0.3) is 5.91 Å². The van der Waals surface area contributed by atoms with Gasteiger partial charge < -0.3 is 24.5 Å². The molecule has 1 aromatic carbocycles. The molecule has 1 unspecified atom stereocenters. The van der Waals surface area contributed by atoms with Gasteiger partial charge in [0.1, 0.15) is 17.5 Å². The maximum absolute atomic E-state index is 12.6. The van der Waals surface area contributed by atoms with Gasteiger partial charge in [-0.25, -0.2) is 0 Å². The Morgan fingerprint density at radius 3 is 2.20 bits per heavy atom. The number of rotatable bonds is 7. The van der Waals surface area contributed by atoms with Crippen LogP contribution >= 0.6 is 0 Å². The summed E-state index contributed by atoms with van der Waals surface area (Å²) in [6.07, 6.45) is 1.40. The Morgan fingerprint density at radius 2 is 1.72 bits per heavy atom. The molecule has 0 spiro atoms. The highest BCUT2D eigenvalue weighted by molar-refractivity contribution is 6.00. The van der Waals surface area contributed by atoms with Crippen molar-refractivity contribution in [2.45, 2.75) is 19.9 Å². The third kappa shape index (κ3) is 4.76. The molecule has 7 heteroatoms. The van der Waals surface area contributed by atoms with Crippen LogP contribution in [0.3, 0.4) is 0 Å². The highest BCUT2D eigenvalue weighted by Crippen LogP contribution is 2.26. The summed E-state index contributed by atoms with van der Waals surface area (Å²) in [7, 11) is 3.06. The molecule has 2 rings (SSSR count). The molecule has 1 heterocycles. The van der Waals surface area contributed by atoms with Gasteiger partial charge in [-0.2, -0.15) is 0 Å². The minimum Gasteiger partial charge on any atom is -0.497 e. The van der Waals surface area contributed by atoms with E-state index in [0.717, 1.165) is 0 Å². The Kier molecular flexibility index (Phi) is 6.05. The van der Waals surface area contributed by atoms with E-state index in [2.05, 4.69) is 10.6 Å². The van der Waals surface area contributed by atoms with Crippen molar-refractivity contribution in [3.05, 3.63) is 42.4 Å². The molecule has 1 aromatic heterocycles. The van der Waals surface area contributed by atoms with Gasteiger partial charge in [0.05, 0.1) is 20.5 Å². The molecule has 0 aliphatic heterocycles. The summed E-state index contributed by atoms with van der Waals surface area (Å²) in [5, 5.41) is 5.47. The van der Waals surface area contributed by atoms with E-state index >= 15 is 0 Å².